The van der Waals surface area contributed by atoms with Crippen molar-refractivity contribution in [3.8, 4) is 0 Å². The Kier molecular flexibility index (Phi) is 2.68. The van der Waals surface area contributed by atoms with E-state index >= 15 is 0 Å². The minimum absolute atomic E-state index is 0.0247. The quantitative estimate of drug-likeness (QED) is 0.617. The van der Waals surface area contributed by atoms with E-state index < -0.39 is 0 Å². The maximum Gasteiger partial charge on any atom is 0.314 e. The summed E-state index contributed by atoms with van der Waals surface area (Å²) in [5.74, 6) is 1.32. The molecule has 2 aliphatic rings. The van der Waals surface area contributed by atoms with Gasteiger partial charge in [-0.3, -0.25) is 0 Å². The zero-order valence-electron chi connectivity index (χ0n) is 7.71. The second-order valence-electron chi connectivity index (χ2n) is 3.80. The highest BCUT2D eigenvalue weighted by Crippen LogP contribution is 2.23. The van der Waals surface area contributed by atoms with Gasteiger partial charge in [-0.1, -0.05) is 0 Å². The van der Waals surface area contributed by atoms with E-state index in [9.17, 15) is 4.79 Å². The second kappa shape index (κ2) is 3.96. The molecule has 2 saturated heterocycles. The fraction of sp³-hybridized carbons (Fsp3) is 0.889. The Morgan fingerprint density at radius 2 is 1.69 bits per heavy atom. The number of carbonyl (C=O) groups excluding carboxylic acids is 1. The molecule has 13 heavy (non-hydrogen) atoms. The predicted octanol–water partition coefficient (Wildman–Crippen LogP) is 0.342. The molecule has 2 aliphatic heterocycles. The molecule has 0 saturated carbocycles. The summed E-state index contributed by atoms with van der Waals surface area (Å²) in [5.41, 5.74) is 0. The number of ether oxygens (including phenoxy) is 1. The van der Waals surface area contributed by atoms with E-state index in [-0.39, 0.29) is 6.03 Å². The summed E-state index contributed by atoms with van der Waals surface area (Å²) in [7, 11) is 0. The maximum atomic E-state index is 10.8. The van der Waals surface area contributed by atoms with Gasteiger partial charge in [-0.2, -0.15) is 0 Å². The van der Waals surface area contributed by atoms with Crippen LogP contribution in [0.4, 0.5) is 4.79 Å². The first-order chi connectivity index (χ1) is 6.36. The molecule has 4 nitrogen and oxygen atoms in total. The van der Waals surface area contributed by atoms with Crippen LogP contribution in [0.1, 0.15) is 12.8 Å². The lowest BCUT2D eigenvalue weighted by atomic mass is 9.85. The molecule has 0 bridgehead atoms. The standard InChI is InChI=1S/C9H16N2O2/c12-9-10-5-8(6-11-9)7-1-3-13-4-2-7/h7-8H,1-6H2,(H2,10,11,12). The van der Waals surface area contributed by atoms with E-state index in [1.807, 2.05) is 0 Å². The van der Waals surface area contributed by atoms with Gasteiger partial charge in [0.2, 0.25) is 0 Å². The molecule has 2 heterocycles. The van der Waals surface area contributed by atoms with Gasteiger partial charge in [0.1, 0.15) is 0 Å². The predicted molar refractivity (Wildman–Crippen MR) is 48.4 cm³/mol. The highest BCUT2D eigenvalue weighted by atomic mass is 16.5. The summed E-state index contributed by atoms with van der Waals surface area (Å²) in [5, 5.41) is 5.68. The minimum atomic E-state index is -0.0247. The topological polar surface area (TPSA) is 50.4 Å². The average molecular weight is 184 g/mol. The minimum Gasteiger partial charge on any atom is -0.381 e. The van der Waals surface area contributed by atoms with Crippen molar-refractivity contribution in [3.63, 3.8) is 0 Å². The zero-order valence-corrected chi connectivity index (χ0v) is 7.71. The largest absolute Gasteiger partial charge is 0.381 e. The first-order valence-electron chi connectivity index (χ1n) is 4.95. The molecular weight excluding hydrogens is 168 g/mol. The molecule has 0 aromatic rings. The van der Waals surface area contributed by atoms with Crippen molar-refractivity contribution in [1.29, 1.82) is 0 Å². The summed E-state index contributed by atoms with van der Waals surface area (Å²) in [6, 6.07) is -0.0247. The summed E-state index contributed by atoms with van der Waals surface area (Å²) < 4.78 is 5.30. The number of rotatable bonds is 1. The summed E-state index contributed by atoms with van der Waals surface area (Å²) in [4.78, 5) is 10.8. The van der Waals surface area contributed by atoms with Gasteiger partial charge >= 0.3 is 6.03 Å². The van der Waals surface area contributed by atoms with Crippen molar-refractivity contribution >= 4 is 6.03 Å². The maximum absolute atomic E-state index is 10.8. The first-order valence-corrected chi connectivity index (χ1v) is 4.95. The Hall–Kier alpha value is -0.770. The van der Waals surface area contributed by atoms with Gasteiger partial charge in [-0.25, -0.2) is 4.79 Å². The number of amides is 2. The molecule has 4 heteroatoms. The van der Waals surface area contributed by atoms with Crippen LogP contribution in [0, 0.1) is 11.8 Å². The van der Waals surface area contributed by atoms with Crippen molar-refractivity contribution in [2.75, 3.05) is 26.3 Å². The molecular formula is C9H16N2O2. The number of hydrogen-bond acceptors (Lipinski definition) is 2. The van der Waals surface area contributed by atoms with Crippen molar-refractivity contribution < 1.29 is 9.53 Å². The average Bonchev–Trinajstić information content (AvgIpc) is 2.20. The summed E-state index contributed by atoms with van der Waals surface area (Å²) in [6.45, 7) is 3.43. The van der Waals surface area contributed by atoms with E-state index in [0.717, 1.165) is 45.1 Å². The SMILES string of the molecule is O=C1NCC(C2CCOCC2)CN1. The van der Waals surface area contributed by atoms with Gasteiger partial charge in [-0.05, 0) is 24.7 Å². The van der Waals surface area contributed by atoms with Crippen LogP contribution in [-0.4, -0.2) is 32.3 Å². The zero-order chi connectivity index (χ0) is 9.10. The molecule has 74 valence electrons. The first kappa shape index (κ1) is 8.81. The van der Waals surface area contributed by atoms with Crippen molar-refractivity contribution in [1.82, 2.24) is 10.6 Å². The molecule has 2 amide bonds. The molecule has 2 rings (SSSR count). The molecule has 0 aliphatic carbocycles. The molecule has 0 aromatic carbocycles. The smallest absolute Gasteiger partial charge is 0.314 e. The summed E-state index contributed by atoms with van der Waals surface area (Å²) >= 11 is 0. The third kappa shape index (κ3) is 2.12. The van der Waals surface area contributed by atoms with Gasteiger partial charge in [-0.15, -0.1) is 0 Å². The Morgan fingerprint density at radius 1 is 1.08 bits per heavy atom. The van der Waals surface area contributed by atoms with Crippen LogP contribution in [0.2, 0.25) is 0 Å². The lowest BCUT2D eigenvalue weighted by molar-refractivity contribution is 0.0455. The van der Waals surface area contributed by atoms with E-state index in [4.69, 9.17) is 4.74 Å². The van der Waals surface area contributed by atoms with Crippen molar-refractivity contribution in [3.05, 3.63) is 0 Å². The molecule has 0 unspecified atom stereocenters. The van der Waals surface area contributed by atoms with Crippen molar-refractivity contribution in [2.45, 2.75) is 12.8 Å². The monoisotopic (exact) mass is 184 g/mol. The van der Waals surface area contributed by atoms with Crippen molar-refractivity contribution in [2.24, 2.45) is 11.8 Å². The van der Waals surface area contributed by atoms with Gasteiger partial charge < -0.3 is 15.4 Å². The van der Waals surface area contributed by atoms with Crippen LogP contribution in [0.25, 0.3) is 0 Å². The van der Waals surface area contributed by atoms with Gasteiger partial charge in [0.05, 0.1) is 0 Å². The lowest BCUT2D eigenvalue weighted by Gasteiger charge is -2.33. The van der Waals surface area contributed by atoms with E-state index in [1.165, 1.54) is 0 Å². The Balaban J connectivity index is 1.82. The third-order valence-corrected chi connectivity index (χ3v) is 2.98. The Bertz CT molecular complexity index is 180. The van der Waals surface area contributed by atoms with E-state index in [0.29, 0.717) is 5.92 Å². The van der Waals surface area contributed by atoms with Gasteiger partial charge in [0, 0.05) is 26.3 Å². The van der Waals surface area contributed by atoms with Crippen LogP contribution in [0.5, 0.6) is 0 Å². The molecule has 0 spiro atoms. The summed E-state index contributed by atoms with van der Waals surface area (Å²) in [6.07, 6.45) is 2.28. The fourth-order valence-electron chi connectivity index (χ4n) is 2.10. The normalized spacial score (nSPS) is 26.6. The molecule has 2 fully saturated rings. The van der Waals surface area contributed by atoms with Crippen LogP contribution >= 0.6 is 0 Å². The van der Waals surface area contributed by atoms with Gasteiger partial charge in [0.25, 0.3) is 0 Å². The van der Waals surface area contributed by atoms with Crippen LogP contribution in [0.3, 0.4) is 0 Å². The van der Waals surface area contributed by atoms with E-state index in [1.54, 1.807) is 0 Å². The Labute approximate surface area is 78.0 Å². The number of urea groups is 1. The highest BCUT2D eigenvalue weighted by molar-refractivity contribution is 5.74. The van der Waals surface area contributed by atoms with Crippen LogP contribution in [-0.2, 0) is 4.74 Å². The number of nitrogens with one attached hydrogen (secondary N) is 2. The van der Waals surface area contributed by atoms with Gasteiger partial charge in [0.15, 0.2) is 0 Å². The van der Waals surface area contributed by atoms with Crippen LogP contribution < -0.4 is 10.6 Å². The fourth-order valence-corrected chi connectivity index (χ4v) is 2.10. The molecule has 0 aromatic heterocycles. The molecule has 2 N–H and O–H groups in total. The van der Waals surface area contributed by atoms with E-state index in [2.05, 4.69) is 10.6 Å². The lowest BCUT2D eigenvalue weighted by Crippen LogP contribution is -2.50. The number of carbonyl (C=O) groups is 1. The highest BCUT2D eigenvalue weighted by Gasteiger charge is 2.27. The number of hydrogen-bond donors (Lipinski definition) is 2. The third-order valence-electron chi connectivity index (χ3n) is 2.98. The second-order valence-corrected chi connectivity index (χ2v) is 3.80. The Morgan fingerprint density at radius 3 is 2.31 bits per heavy atom. The molecule has 0 atom stereocenters. The van der Waals surface area contributed by atoms with Crippen LogP contribution in [0.15, 0.2) is 0 Å². The molecule has 0 radical (unpaired) electrons.